The molecule has 1 aromatic heterocycles. The summed E-state index contributed by atoms with van der Waals surface area (Å²) in [5, 5.41) is 9.75. The lowest BCUT2D eigenvalue weighted by atomic mass is 10.1. The molecule has 0 amide bonds. The van der Waals surface area contributed by atoms with Crippen LogP contribution in [0.2, 0.25) is 0 Å². The van der Waals surface area contributed by atoms with E-state index in [0.717, 1.165) is 23.1 Å². The van der Waals surface area contributed by atoms with E-state index in [4.69, 9.17) is 0 Å². The minimum Gasteiger partial charge on any atom is -0.389 e. The number of imidazole rings is 1. The van der Waals surface area contributed by atoms with Gasteiger partial charge in [-0.25, -0.2) is 4.79 Å². The van der Waals surface area contributed by atoms with Crippen molar-refractivity contribution < 1.29 is 5.11 Å². The second-order valence-electron chi connectivity index (χ2n) is 5.44. The number of aromatic nitrogens is 2. The first-order valence-electron chi connectivity index (χ1n) is 5.95. The van der Waals surface area contributed by atoms with Crippen LogP contribution < -0.4 is 5.69 Å². The SMILES string of the molecule is CN(Cc1ccc2[nH]c(=O)[nH]c2c1)CC(C)(C)O. The van der Waals surface area contributed by atoms with E-state index in [2.05, 4.69) is 9.97 Å². The number of benzene rings is 1. The summed E-state index contributed by atoms with van der Waals surface area (Å²) in [6.07, 6.45) is 0. The summed E-state index contributed by atoms with van der Waals surface area (Å²) < 4.78 is 0. The molecular weight excluding hydrogens is 230 g/mol. The molecular formula is C13H19N3O2. The zero-order valence-corrected chi connectivity index (χ0v) is 10.9. The lowest BCUT2D eigenvalue weighted by molar-refractivity contribution is 0.0425. The Hall–Kier alpha value is -1.59. The zero-order chi connectivity index (χ0) is 13.3. The first-order chi connectivity index (χ1) is 8.33. The maximum atomic E-state index is 11.2. The Bertz CT molecular complexity index is 592. The predicted octanol–water partition coefficient (Wildman–Crippen LogP) is 1.06. The van der Waals surface area contributed by atoms with Crippen molar-refractivity contribution in [2.24, 2.45) is 0 Å². The molecule has 0 saturated carbocycles. The van der Waals surface area contributed by atoms with Gasteiger partial charge in [-0.3, -0.25) is 4.90 Å². The minimum absolute atomic E-state index is 0.188. The number of nitrogens with zero attached hydrogens (tertiary/aromatic N) is 1. The summed E-state index contributed by atoms with van der Waals surface area (Å²) in [6.45, 7) is 4.90. The predicted molar refractivity (Wildman–Crippen MR) is 71.6 cm³/mol. The van der Waals surface area contributed by atoms with Crippen molar-refractivity contribution in [1.82, 2.24) is 14.9 Å². The largest absolute Gasteiger partial charge is 0.389 e. The number of aliphatic hydroxyl groups is 1. The van der Waals surface area contributed by atoms with Crippen molar-refractivity contribution in [2.45, 2.75) is 26.0 Å². The van der Waals surface area contributed by atoms with Gasteiger partial charge in [0, 0.05) is 13.1 Å². The van der Waals surface area contributed by atoms with Crippen LogP contribution >= 0.6 is 0 Å². The van der Waals surface area contributed by atoms with Crippen LogP contribution in [0.1, 0.15) is 19.4 Å². The summed E-state index contributed by atoms with van der Waals surface area (Å²) >= 11 is 0. The van der Waals surface area contributed by atoms with E-state index in [9.17, 15) is 9.90 Å². The van der Waals surface area contributed by atoms with Crippen LogP contribution in [-0.4, -0.2) is 39.2 Å². The average molecular weight is 249 g/mol. The lowest BCUT2D eigenvalue weighted by Crippen LogP contribution is -2.35. The molecule has 0 fully saturated rings. The number of aromatic amines is 2. The molecule has 0 unspecified atom stereocenters. The lowest BCUT2D eigenvalue weighted by Gasteiger charge is -2.25. The van der Waals surface area contributed by atoms with Gasteiger partial charge in [0.05, 0.1) is 16.6 Å². The van der Waals surface area contributed by atoms with Crippen molar-refractivity contribution in [1.29, 1.82) is 0 Å². The molecule has 0 aliphatic heterocycles. The molecule has 0 radical (unpaired) electrons. The normalized spacial score (nSPS) is 12.5. The van der Waals surface area contributed by atoms with Gasteiger partial charge in [0.25, 0.3) is 0 Å². The maximum Gasteiger partial charge on any atom is 0.323 e. The van der Waals surface area contributed by atoms with Gasteiger partial charge in [-0.15, -0.1) is 0 Å². The van der Waals surface area contributed by atoms with Crippen LogP contribution in [0.4, 0.5) is 0 Å². The van der Waals surface area contributed by atoms with Gasteiger partial charge in [0.15, 0.2) is 0 Å². The number of likely N-dealkylation sites (N-methyl/N-ethyl adjacent to an activating group) is 1. The van der Waals surface area contributed by atoms with Crippen molar-refractivity contribution in [3.8, 4) is 0 Å². The number of rotatable bonds is 4. The van der Waals surface area contributed by atoms with E-state index in [0.29, 0.717) is 6.54 Å². The number of fused-ring (bicyclic) bond motifs is 1. The Labute approximate surface area is 105 Å². The van der Waals surface area contributed by atoms with Gasteiger partial charge in [-0.2, -0.15) is 0 Å². The number of nitrogens with one attached hydrogen (secondary N) is 2. The van der Waals surface area contributed by atoms with Crippen molar-refractivity contribution in [3.63, 3.8) is 0 Å². The third-order valence-electron chi connectivity index (χ3n) is 2.69. The molecule has 1 aromatic carbocycles. The molecule has 2 rings (SSSR count). The fraction of sp³-hybridized carbons (Fsp3) is 0.462. The monoisotopic (exact) mass is 249 g/mol. The van der Waals surface area contributed by atoms with Gasteiger partial charge < -0.3 is 15.1 Å². The Balaban J connectivity index is 2.14. The fourth-order valence-corrected chi connectivity index (χ4v) is 2.21. The van der Waals surface area contributed by atoms with Crippen molar-refractivity contribution in [2.75, 3.05) is 13.6 Å². The number of H-pyrrole nitrogens is 2. The summed E-state index contributed by atoms with van der Waals surface area (Å²) in [5.41, 5.74) is 1.83. The molecule has 0 atom stereocenters. The van der Waals surface area contributed by atoms with Gasteiger partial charge in [0.1, 0.15) is 0 Å². The van der Waals surface area contributed by atoms with Crippen molar-refractivity contribution >= 4 is 11.0 Å². The van der Waals surface area contributed by atoms with E-state index in [1.807, 2.05) is 30.1 Å². The minimum atomic E-state index is -0.707. The molecule has 0 bridgehead atoms. The highest BCUT2D eigenvalue weighted by Crippen LogP contribution is 2.13. The van der Waals surface area contributed by atoms with E-state index in [1.54, 1.807) is 13.8 Å². The Kier molecular flexibility index (Phi) is 3.28. The third kappa shape index (κ3) is 3.21. The number of hydrogen-bond acceptors (Lipinski definition) is 3. The van der Waals surface area contributed by atoms with Crippen LogP contribution in [0, 0.1) is 0 Å². The van der Waals surface area contributed by atoms with E-state index in [-0.39, 0.29) is 5.69 Å². The summed E-state index contributed by atoms with van der Waals surface area (Å²) in [7, 11) is 1.96. The molecule has 0 aliphatic carbocycles. The van der Waals surface area contributed by atoms with Gasteiger partial charge in [0.2, 0.25) is 0 Å². The number of hydrogen-bond donors (Lipinski definition) is 3. The molecule has 0 saturated heterocycles. The molecule has 1 heterocycles. The van der Waals surface area contributed by atoms with Crippen LogP contribution in [-0.2, 0) is 6.54 Å². The van der Waals surface area contributed by atoms with Crippen LogP contribution in [0.15, 0.2) is 23.0 Å². The molecule has 2 aromatic rings. The smallest absolute Gasteiger partial charge is 0.323 e. The topological polar surface area (TPSA) is 72.1 Å². The highest BCUT2D eigenvalue weighted by Gasteiger charge is 2.15. The van der Waals surface area contributed by atoms with Crippen LogP contribution in [0.3, 0.4) is 0 Å². The highest BCUT2D eigenvalue weighted by atomic mass is 16.3. The van der Waals surface area contributed by atoms with Crippen LogP contribution in [0.5, 0.6) is 0 Å². The summed E-state index contributed by atoms with van der Waals surface area (Å²) in [5.74, 6) is 0. The summed E-state index contributed by atoms with van der Waals surface area (Å²) in [6, 6.07) is 5.82. The molecule has 98 valence electrons. The van der Waals surface area contributed by atoms with Gasteiger partial charge in [-0.1, -0.05) is 6.07 Å². The second kappa shape index (κ2) is 4.59. The molecule has 0 aliphatic rings. The van der Waals surface area contributed by atoms with E-state index < -0.39 is 5.60 Å². The van der Waals surface area contributed by atoms with Gasteiger partial charge >= 0.3 is 5.69 Å². The molecule has 0 spiro atoms. The average Bonchev–Trinajstić information content (AvgIpc) is 2.53. The molecule has 5 heteroatoms. The van der Waals surface area contributed by atoms with E-state index >= 15 is 0 Å². The highest BCUT2D eigenvalue weighted by molar-refractivity contribution is 5.74. The summed E-state index contributed by atoms with van der Waals surface area (Å²) in [4.78, 5) is 18.7. The Morgan fingerprint density at radius 3 is 2.61 bits per heavy atom. The Morgan fingerprint density at radius 1 is 1.28 bits per heavy atom. The Morgan fingerprint density at radius 2 is 1.94 bits per heavy atom. The van der Waals surface area contributed by atoms with Crippen molar-refractivity contribution in [3.05, 3.63) is 34.2 Å². The fourth-order valence-electron chi connectivity index (χ4n) is 2.21. The van der Waals surface area contributed by atoms with Gasteiger partial charge in [-0.05, 0) is 38.6 Å². The first kappa shape index (κ1) is 12.9. The standard InChI is InChI=1S/C13H19N3O2/c1-13(2,18)8-16(3)7-9-4-5-10-11(6-9)15-12(17)14-10/h4-6,18H,7-8H2,1-3H3,(H2,14,15,17). The van der Waals surface area contributed by atoms with E-state index in [1.165, 1.54) is 0 Å². The second-order valence-corrected chi connectivity index (χ2v) is 5.44. The first-order valence-corrected chi connectivity index (χ1v) is 5.95. The molecule has 5 nitrogen and oxygen atoms in total. The molecule has 3 N–H and O–H groups in total. The third-order valence-corrected chi connectivity index (χ3v) is 2.69. The zero-order valence-electron chi connectivity index (χ0n) is 10.9. The maximum absolute atomic E-state index is 11.2. The van der Waals surface area contributed by atoms with Crippen LogP contribution in [0.25, 0.3) is 11.0 Å². The quantitative estimate of drug-likeness (QED) is 0.758. The molecule has 18 heavy (non-hydrogen) atoms.